The Hall–Kier alpha value is -3.64. The molecule has 1 aliphatic heterocycles. The van der Waals surface area contributed by atoms with Crippen LogP contribution in [0, 0.1) is 0 Å². The van der Waals surface area contributed by atoms with E-state index in [0.717, 1.165) is 54.1 Å². The molecule has 1 saturated heterocycles. The van der Waals surface area contributed by atoms with Crippen molar-refractivity contribution < 1.29 is 14.4 Å². The summed E-state index contributed by atoms with van der Waals surface area (Å²) >= 11 is 0. The van der Waals surface area contributed by atoms with E-state index >= 15 is 0 Å². The fourth-order valence-electron chi connectivity index (χ4n) is 4.48. The molecule has 3 aromatic rings. The molecule has 3 aromatic carbocycles. The number of aliphatic carboxylic acids is 1. The summed E-state index contributed by atoms with van der Waals surface area (Å²) in [6, 6.07) is 26.8. The van der Waals surface area contributed by atoms with Crippen molar-refractivity contribution in [1.29, 1.82) is 0 Å². The Bertz CT molecular complexity index is 1060. The van der Waals surface area contributed by atoms with E-state index in [1.54, 1.807) is 6.21 Å². The maximum Gasteiger partial charge on any atom is 0.119 e. The number of carbonyl (C=O) groups is 1. The van der Waals surface area contributed by atoms with E-state index in [1.807, 2.05) is 30.3 Å². The van der Waals surface area contributed by atoms with E-state index in [2.05, 4.69) is 58.5 Å². The first-order valence-electron chi connectivity index (χ1n) is 10.8. The third-order valence-electron chi connectivity index (χ3n) is 6.21. The van der Waals surface area contributed by atoms with E-state index in [9.17, 15) is 9.90 Å². The van der Waals surface area contributed by atoms with Gasteiger partial charge in [-0.1, -0.05) is 66.7 Å². The first-order chi connectivity index (χ1) is 15.6. The van der Waals surface area contributed by atoms with Crippen LogP contribution >= 0.6 is 0 Å². The maximum absolute atomic E-state index is 11.5. The molecule has 0 bridgehead atoms. The van der Waals surface area contributed by atoms with E-state index < -0.39 is 5.97 Å². The molecule has 0 amide bonds. The van der Waals surface area contributed by atoms with Crippen LogP contribution in [0.2, 0.25) is 0 Å². The van der Waals surface area contributed by atoms with Gasteiger partial charge in [-0.05, 0) is 28.8 Å². The Kier molecular flexibility index (Phi) is 6.52. The largest absolute Gasteiger partial charge is 0.544 e. The zero-order chi connectivity index (χ0) is 22.4. The van der Waals surface area contributed by atoms with Crippen molar-refractivity contribution in [2.45, 2.75) is 6.54 Å². The topological polar surface area (TPSA) is 81.8 Å². The van der Waals surface area contributed by atoms with Crippen LogP contribution in [0.4, 0.5) is 5.69 Å². The zero-order valence-corrected chi connectivity index (χ0v) is 18.1. The van der Waals surface area contributed by atoms with Crippen molar-refractivity contribution in [1.82, 2.24) is 0 Å². The van der Waals surface area contributed by atoms with Gasteiger partial charge in [0.05, 0.1) is 38.4 Å². The molecule has 4 rings (SSSR count). The number of rotatable bonds is 7. The Morgan fingerprint density at radius 3 is 2.09 bits per heavy atom. The summed E-state index contributed by atoms with van der Waals surface area (Å²) in [4.78, 5) is 13.8. The van der Waals surface area contributed by atoms with Gasteiger partial charge in [0, 0.05) is 11.3 Å². The molecule has 0 spiro atoms. The van der Waals surface area contributed by atoms with Gasteiger partial charge in [0.1, 0.15) is 13.1 Å². The van der Waals surface area contributed by atoms with Crippen LogP contribution in [0.5, 0.6) is 0 Å². The number of piperazine rings is 1. The lowest BCUT2D eigenvalue weighted by Crippen LogP contribution is -2.62. The lowest BCUT2D eigenvalue weighted by Gasteiger charge is -2.45. The summed E-state index contributed by atoms with van der Waals surface area (Å²) in [5.74, 6) is 4.22. The highest BCUT2D eigenvalue weighted by Gasteiger charge is 2.33. The number of hydrazone groups is 1. The molecular formula is C26H28N4O2. The summed E-state index contributed by atoms with van der Waals surface area (Å²) in [5.41, 5.74) is 5.57. The lowest BCUT2D eigenvalue weighted by atomic mass is 10.0. The number of hydrogen-bond acceptors (Lipinski definition) is 5. The predicted molar refractivity (Wildman–Crippen MR) is 126 cm³/mol. The number of anilines is 1. The van der Waals surface area contributed by atoms with Gasteiger partial charge in [-0.25, -0.2) is 0 Å². The van der Waals surface area contributed by atoms with Crippen molar-refractivity contribution in [2.75, 3.05) is 37.6 Å². The smallest absolute Gasteiger partial charge is 0.119 e. The molecule has 0 unspecified atom stereocenters. The molecule has 1 fully saturated rings. The molecule has 0 aromatic heterocycles. The highest BCUT2D eigenvalue weighted by Crippen LogP contribution is 2.26. The number of carboxylic acid groups (broad SMARTS) is 1. The van der Waals surface area contributed by atoms with Gasteiger partial charge in [0.15, 0.2) is 0 Å². The van der Waals surface area contributed by atoms with Gasteiger partial charge in [-0.2, -0.15) is 5.10 Å². The number of hydrogen-bond donors (Lipinski definition) is 1. The molecule has 0 saturated carbocycles. The number of carboxylic acids is 1. The second-order valence-corrected chi connectivity index (χ2v) is 8.40. The molecule has 164 valence electrons. The van der Waals surface area contributed by atoms with Gasteiger partial charge in [0.2, 0.25) is 0 Å². The molecule has 0 radical (unpaired) electrons. The minimum Gasteiger partial charge on any atom is -0.544 e. The Labute approximate surface area is 188 Å². The number of quaternary nitrogens is 1. The molecule has 0 atom stereocenters. The van der Waals surface area contributed by atoms with E-state index in [4.69, 9.17) is 5.84 Å². The average Bonchev–Trinajstić information content (AvgIpc) is 2.81. The third-order valence-corrected chi connectivity index (χ3v) is 6.21. The molecule has 32 heavy (non-hydrogen) atoms. The van der Waals surface area contributed by atoms with Crippen LogP contribution in [0.15, 0.2) is 84.0 Å². The van der Waals surface area contributed by atoms with E-state index in [-0.39, 0.29) is 6.54 Å². The molecule has 2 N–H and O–H groups in total. The van der Waals surface area contributed by atoms with Crippen LogP contribution in [0.1, 0.15) is 11.1 Å². The number of nitrogens with zero attached hydrogens (tertiary/aromatic N) is 3. The average molecular weight is 429 g/mol. The van der Waals surface area contributed by atoms with Gasteiger partial charge >= 0.3 is 0 Å². The monoisotopic (exact) mass is 428 g/mol. The first kappa shape index (κ1) is 21.6. The van der Waals surface area contributed by atoms with Crippen molar-refractivity contribution in [2.24, 2.45) is 10.9 Å². The zero-order valence-electron chi connectivity index (χ0n) is 18.1. The van der Waals surface area contributed by atoms with Crippen LogP contribution in [0.25, 0.3) is 11.1 Å². The van der Waals surface area contributed by atoms with Crippen LogP contribution in [-0.4, -0.2) is 49.4 Å². The fraction of sp³-hybridized carbons (Fsp3) is 0.231. The highest BCUT2D eigenvalue weighted by molar-refractivity contribution is 5.80. The molecule has 6 nitrogen and oxygen atoms in total. The number of benzene rings is 3. The van der Waals surface area contributed by atoms with Crippen molar-refractivity contribution in [3.05, 3.63) is 90.0 Å². The van der Waals surface area contributed by atoms with Crippen LogP contribution in [-0.2, 0) is 11.3 Å². The van der Waals surface area contributed by atoms with Crippen molar-refractivity contribution in [3.8, 4) is 11.1 Å². The molecule has 1 heterocycles. The molecule has 0 aliphatic carbocycles. The lowest BCUT2D eigenvalue weighted by molar-refractivity contribution is -0.936. The maximum atomic E-state index is 11.5. The molecule has 6 heteroatoms. The number of carbonyl (C=O) groups excluding carboxylic acids is 1. The van der Waals surface area contributed by atoms with Crippen molar-refractivity contribution >= 4 is 17.9 Å². The summed E-state index contributed by atoms with van der Waals surface area (Å²) in [6.07, 6.45) is 1.62. The standard InChI is InChI=1S/C26H28N4O2/c27-28-18-21-6-8-23(9-7-21)24-10-12-25(13-11-24)29-14-16-30(17-15-29,20-26(31)32)19-22-4-2-1-3-5-22/h1-13,18H,14-17,19-20,27H2. The molecule has 1 aliphatic rings. The normalized spacial score (nSPS) is 15.7. The van der Waals surface area contributed by atoms with Gasteiger partial charge in [0.25, 0.3) is 0 Å². The van der Waals surface area contributed by atoms with Gasteiger partial charge in [-0.3, -0.25) is 0 Å². The quantitative estimate of drug-likeness (QED) is 0.271. The van der Waals surface area contributed by atoms with Crippen LogP contribution < -0.4 is 15.8 Å². The molecular weight excluding hydrogens is 400 g/mol. The minimum absolute atomic E-state index is 0.0481. The van der Waals surface area contributed by atoms with Gasteiger partial charge < -0.3 is 25.1 Å². The minimum atomic E-state index is -0.984. The highest BCUT2D eigenvalue weighted by atomic mass is 16.4. The van der Waals surface area contributed by atoms with E-state index in [1.165, 1.54) is 0 Å². The second kappa shape index (κ2) is 9.66. The number of nitrogens with two attached hydrogens (primary N) is 1. The fourth-order valence-corrected chi connectivity index (χ4v) is 4.48. The summed E-state index contributed by atoms with van der Waals surface area (Å²) in [6.45, 7) is 3.93. The Morgan fingerprint density at radius 1 is 0.938 bits per heavy atom. The third kappa shape index (κ3) is 5.15. The Morgan fingerprint density at radius 2 is 1.53 bits per heavy atom. The van der Waals surface area contributed by atoms with Crippen LogP contribution in [0.3, 0.4) is 0 Å². The van der Waals surface area contributed by atoms with Gasteiger partial charge in [-0.15, -0.1) is 0 Å². The summed E-state index contributed by atoms with van der Waals surface area (Å²) < 4.78 is 0.527. The Balaban J connectivity index is 1.44. The van der Waals surface area contributed by atoms with Crippen molar-refractivity contribution in [3.63, 3.8) is 0 Å². The predicted octanol–water partition coefficient (Wildman–Crippen LogP) is 2.23. The van der Waals surface area contributed by atoms with E-state index in [0.29, 0.717) is 11.0 Å². The first-order valence-corrected chi connectivity index (χ1v) is 10.8. The summed E-state index contributed by atoms with van der Waals surface area (Å²) in [5, 5.41) is 15.0. The summed E-state index contributed by atoms with van der Waals surface area (Å²) in [7, 11) is 0. The SMILES string of the molecule is NN=Cc1ccc(-c2ccc(N3CC[N+](CC(=O)[O-])(Cc4ccccc4)CC3)cc2)cc1. The second-order valence-electron chi connectivity index (χ2n) is 8.40.